The van der Waals surface area contributed by atoms with Crippen molar-refractivity contribution in [2.24, 2.45) is 17.4 Å². The van der Waals surface area contributed by atoms with E-state index in [1.165, 1.54) is 0 Å². The van der Waals surface area contributed by atoms with Crippen LogP contribution >= 0.6 is 45.2 Å². The van der Waals surface area contributed by atoms with Crippen LogP contribution in [0, 0.1) is 5.92 Å². The molecule has 0 aliphatic heterocycles. The van der Waals surface area contributed by atoms with Crippen molar-refractivity contribution in [1.82, 2.24) is 0 Å². The minimum Gasteiger partial charge on any atom is -0.330 e. The molecule has 0 fully saturated rings. The van der Waals surface area contributed by atoms with Gasteiger partial charge in [0.2, 0.25) is 0 Å². The summed E-state index contributed by atoms with van der Waals surface area (Å²) in [5.74, 6) is 0.490. The zero-order valence-electron chi connectivity index (χ0n) is 5.72. The summed E-state index contributed by atoms with van der Waals surface area (Å²) in [6.45, 7) is 2.85. The summed E-state index contributed by atoms with van der Waals surface area (Å²) in [7, 11) is 0. The van der Waals surface area contributed by atoms with Crippen LogP contribution in [0.4, 0.5) is 0 Å². The van der Waals surface area contributed by atoms with Gasteiger partial charge in [-0.05, 0) is 64.1 Å². The van der Waals surface area contributed by atoms with Crippen LogP contribution in [0.25, 0.3) is 0 Å². The van der Waals surface area contributed by atoms with E-state index >= 15 is 0 Å². The van der Waals surface area contributed by atoms with Gasteiger partial charge in [-0.25, -0.2) is 0 Å². The van der Waals surface area contributed by atoms with E-state index in [0.717, 1.165) is 13.0 Å². The maximum atomic E-state index is 5.78. The summed E-state index contributed by atoms with van der Waals surface area (Å²) in [4.78, 5) is 0. The first kappa shape index (κ1) is 14.6. The number of alkyl halides is 2. The summed E-state index contributed by atoms with van der Waals surface area (Å²) in [6, 6.07) is 0. The molecule has 4 N–H and O–H groups in total. The van der Waals surface area contributed by atoms with E-state index in [2.05, 4.69) is 52.1 Å². The minimum atomic E-state index is -0.130. The predicted octanol–water partition coefficient (Wildman–Crippen LogP) is 1.45. The topological polar surface area (TPSA) is 52.0 Å². The van der Waals surface area contributed by atoms with Crippen molar-refractivity contribution < 1.29 is 21.1 Å². The number of hydrogen-bond donors (Lipinski definition) is 2. The Kier molecular flexibility index (Phi) is 9.58. The zero-order chi connectivity index (χ0) is 7.49. The van der Waals surface area contributed by atoms with E-state index < -0.39 is 0 Å². The van der Waals surface area contributed by atoms with Crippen LogP contribution in [0.5, 0.6) is 0 Å². The average molecular weight is 549 g/mol. The van der Waals surface area contributed by atoms with E-state index in [1.807, 2.05) is 0 Å². The van der Waals surface area contributed by atoms with E-state index in [0.29, 0.717) is 5.92 Å². The Morgan fingerprint density at radius 3 is 2.00 bits per heavy atom. The molecule has 0 radical (unpaired) electrons. The molecule has 0 heterocycles. The van der Waals surface area contributed by atoms with Gasteiger partial charge in [0.1, 0.15) is 1.55 Å². The fourth-order valence-electron chi connectivity index (χ4n) is 0.442. The second-order valence-electron chi connectivity index (χ2n) is 2.15. The van der Waals surface area contributed by atoms with Crippen LogP contribution in [-0.4, -0.2) is 8.10 Å². The Labute approximate surface area is 104 Å². The van der Waals surface area contributed by atoms with Gasteiger partial charge in [0.15, 0.2) is 0 Å². The van der Waals surface area contributed by atoms with Crippen LogP contribution in [0.2, 0.25) is 0 Å². The van der Waals surface area contributed by atoms with E-state index in [9.17, 15) is 0 Å². The Bertz CT molecular complexity index is 84.2. The summed E-state index contributed by atoms with van der Waals surface area (Å²) in [6.07, 6.45) is 1.00. The predicted molar refractivity (Wildman–Crippen MR) is 57.8 cm³/mol. The zero-order valence-corrected chi connectivity index (χ0v) is 12.3. The van der Waals surface area contributed by atoms with Crippen molar-refractivity contribution in [1.29, 1.82) is 0 Å². The Balaban J connectivity index is 0. The fourth-order valence-corrected chi connectivity index (χ4v) is 1.07. The smallest absolute Gasteiger partial charge is 0.122 e. The molecule has 0 saturated heterocycles. The molecular weight excluding hydrogens is 537 g/mol. The number of rotatable bonds is 3. The van der Waals surface area contributed by atoms with Gasteiger partial charge >= 0.3 is 0 Å². The Morgan fingerprint density at radius 2 is 1.90 bits per heavy atom. The summed E-state index contributed by atoms with van der Waals surface area (Å²) < 4.78 is -0.130. The first-order chi connectivity index (χ1) is 3.98. The molecule has 0 aromatic carbocycles. The van der Waals surface area contributed by atoms with Crippen LogP contribution < -0.4 is 11.5 Å². The molecular formula is C5H12I2N2Pt. The largest absolute Gasteiger partial charge is 0.330 e. The van der Waals surface area contributed by atoms with Gasteiger partial charge < -0.3 is 11.5 Å². The molecule has 0 spiro atoms. The third kappa shape index (κ3) is 6.76. The molecule has 0 rings (SSSR count). The molecule has 0 saturated carbocycles. The van der Waals surface area contributed by atoms with Crippen LogP contribution in [0.1, 0.15) is 13.3 Å². The normalized spacial score (nSPS) is 14.1. The molecule has 1 unspecified atom stereocenters. The molecule has 5 heteroatoms. The standard InChI is InChI=1S/C5H12I2N2.Pt/c1-4(2-3-8)5(6,7)9;/h4H,2-3,8-9H2,1H3;. The van der Waals surface area contributed by atoms with Crippen LogP contribution in [-0.2, 0) is 21.1 Å². The molecule has 2 nitrogen and oxygen atoms in total. The van der Waals surface area contributed by atoms with Gasteiger partial charge in [0, 0.05) is 21.1 Å². The molecule has 0 aliphatic rings. The van der Waals surface area contributed by atoms with Gasteiger partial charge in [-0.15, -0.1) is 0 Å². The molecule has 0 bridgehead atoms. The van der Waals surface area contributed by atoms with Crippen LogP contribution in [0.3, 0.4) is 0 Å². The molecule has 0 aliphatic carbocycles. The summed E-state index contributed by atoms with van der Waals surface area (Å²) in [5.41, 5.74) is 11.1. The second kappa shape index (κ2) is 6.57. The van der Waals surface area contributed by atoms with Gasteiger partial charge in [-0.3, -0.25) is 0 Å². The molecule has 0 amide bonds. The van der Waals surface area contributed by atoms with Crippen molar-refractivity contribution in [2.45, 2.75) is 14.9 Å². The molecule has 66 valence electrons. The van der Waals surface area contributed by atoms with Crippen molar-refractivity contribution in [3.8, 4) is 0 Å². The third-order valence-electron chi connectivity index (χ3n) is 1.26. The maximum Gasteiger partial charge on any atom is 0.122 e. The van der Waals surface area contributed by atoms with Crippen molar-refractivity contribution in [2.75, 3.05) is 6.54 Å². The fraction of sp³-hybridized carbons (Fsp3) is 1.00. The van der Waals surface area contributed by atoms with Crippen molar-refractivity contribution in [3.63, 3.8) is 0 Å². The number of hydrogen-bond acceptors (Lipinski definition) is 2. The summed E-state index contributed by atoms with van der Waals surface area (Å²) >= 11 is 4.47. The SMILES string of the molecule is CC(CCN)C(N)(I)I.[Pt]. The van der Waals surface area contributed by atoms with E-state index in [-0.39, 0.29) is 22.6 Å². The van der Waals surface area contributed by atoms with Crippen LogP contribution in [0.15, 0.2) is 0 Å². The summed E-state index contributed by atoms with van der Waals surface area (Å²) in [5, 5.41) is 0. The molecule has 0 aromatic heterocycles. The molecule has 1 atom stereocenters. The monoisotopic (exact) mass is 549 g/mol. The molecule has 10 heavy (non-hydrogen) atoms. The van der Waals surface area contributed by atoms with Crippen molar-refractivity contribution >= 4 is 45.2 Å². The average Bonchev–Trinajstić information content (AvgIpc) is 1.64. The van der Waals surface area contributed by atoms with E-state index in [4.69, 9.17) is 11.5 Å². The number of halogens is 2. The van der Waals surface area contributed by atoms with E-state index in [1.54, 1.807) is 0 Å². The van der Waals surface area contributed by atoms with Gasteiger partial charge in [0.05, 0.1) is 0 Å². The van der Waals surface area contributed by atoms with Gasteiger partial charge in [-0.1, -0.05) is 6.92 Å². The maximum absolute atomic E-state index is 5.78. The first-order valence-electron chi connectivity index (χ1n) is 2.85. The van der Waals surface area contributed by atoms with Gasteiger partial charge in [-0.2, -0.15) is 0 Å². The quantitative estimate of drug-likeness (QED) is 0.319. The Hall–Kier alpha value is 2.07. The second-order valence-corrected chi connectivity index (χ2v) is 7.79. The first-order valence-corrected chi connectivity index (χ1v) is 5.01. The molecule has 0 aromatic rings. The van der Waals surface area contributed by atoms with Gasteiger partial charge in [0.25, 0.3) is 0 Å². The Morgan fingerprint density at radius 1 is 1.50 bits per heavy atom. The third-order valence-corrected chi connectivity index (χ3v) is 3.38. The minimum absolute atomic E-state index is 0. The number of nitrogens with two attached hydrogens (primary N) is 2. The van der Waals surface area contributed by atoms with Crippen molar-refractivity contribution in [3.05, 3.63) is 0 Å².